The highest BCUT2D eigenvalue weighted by molar-refractivity contribution is 9.11. The van der Waals surface area contributed by atoms with Gasteiger partial charge >= 0.3 is 5.97 Å². The number of rotatable bonds is 11. The highest BCUT2D eigenvalue weighted by Gasteiger charge is 2.32. The Hall–Kier alpha value is -3.22. The Morgan fingerprint density at radius 2 is 2.00 bits per heavy atom. The Morgan fingerprint density at radius 3 is 2.74 bits per heavy atom. The maximum Gasteiger partial charge on any atom is 0.338 e. The predicted molar refractivity (Wildman–Crippen MR) is 156 cm³/mol. The molecule has 9 nitrogen and oxygen atoms in total. The van der Waals surface area contributed by atoms with Crippen LogP contribution in [0.2, 0.25) is 0 Å². The van der Waals surface area contributed by atoms with Crippen LogP contribution < -0.4 is 25.5 Å². The van der Waals surface area contributed by atoms with Gasteiger partial charge in [0.25, 0.3) is 5.91 Å². The average molecular weight is 666 g/mol. The summed E-state index contributed by atoms with van der Waals surface area (Å²) in [7, 11) is 0. The van der Waals surface area contributed by atoms with Crippen molar-refractivity contribution in [2.24, 2.45) is 5.10 Å². The van der Waals surface area contributed by atoms with Crippen LogP contribution in [0.4, 0.5) is 0 Å². The summed E-state index contributed by atoms with van der Waals surface area (Å²) < 4.78 is 18.3. The molecule has 1 aliphatic rings. The summed E-state index contributed by atoms with van der Waals surface area (Å²) in [4.78, 5) is 25.2. The lowest BCUT2D eigenvalue weighted by atomic mass is 9.95. The van der Waals surface area contributed by atoms with Crippen LogP contribution in [-0.4, -0.2) is 43.0 Å². The van der Waals surface area contributed by atoms with Crippen molar-refractivity contribution in [2.45, 2.75) is 19.9 Å². The second-order valence-corrected chi connectivity index (χ2v) is 9.99. The molecule has 200 valence electrons. The van der Waals surface area contributed by atoms with Crippen LogP contribution in [0, 0.1) is 0 Å². The van der Waals surface area contributed by atoms with Gasteiger partial charge in [-0.25, -0.2) is 10.2 Å². The van der Waals surface area contributed by atoms with Crippen molar-refractivity contribution in [3.05, 3.63) is 80.4 Å². The van der Waals surface area contributed by atoms with Crippen molar-refractivity contribution in [3.63, 3.8) is 0 Å². The minimum absolute atomic E-state index is 0.227. The number of carbonyl (C=O) groups is 2. The van der Waals surface area contributed by atoms with Crippen LogP contribution in [-0.2, 0) is 14.3 Å². The van der Waals surface area contributed by atoms with Gasteiger partial charge in [0.05, 0.1) is 28.9 Å². The second-order valence-electron chi connectivity index (χ2n) is 7.82. The van der Waals surface area contributed by atoms with Gasteiger partial charge < -0.3 is 24.8 Å². The molecular weight excluding hydrogens is 640 g/mol. The summed E-state index contributed by atoms with van der Waals surface area (Å²) in [5.74, 6) is 0.00341. The molecule has 0 radical (unpaired) electrons. The van der Waals surface area contributed by atoms with Crippen molar-refractivity contribution >= 4 is 67.3 Å². The molecule has 38 heavy (non-hydrogen) atoms. The molecule has 0 bridgehead atoms. The molecule has 0 fully saturated rings. The molecule has 1 amide bonds. The number of hydrazone groups is 1. The Balaban J connectivity index is 1.72. The van der Waals surface area contributed by atoms with E-state index in [1.165, 1.54) is 6.21 Å². The normalized spacial score (nSPS) is 14.9. The largest absolute Gasteiger partial charge is 0.488 e. The molecule has 12 heteroatoms. The van der Waals surface area contributed by atoms with Crippen LogP contribution in [0.25, 0.3) is 0 Å². The number of ether oxygens (including phenoxy) is 3. The number of esters is 1. The van der Waals surface area contributed by atoms with E-state index >= 15 is 0 Å². The number of nitrogens with one attached hydrogen (secondary N) is 3. The number of hydrogen-bond donors (Lipinski definition) is 3. The summed E-state index contributed by atoms with van der Waals surface area (Å²) in [6.45, 7) is 7.36. The molecule has 3 N–H and O–H groups in total. The maximum absolute atomic E-state index is 12.7. The third-order valence-electron chi connectivity index (χ3n) is 5.13. The number of amides is 1. The quantitative estimate of drug-likeness (QED) is 0.105. The smallest absolute Gasteiger partial charge is 0.338 e. The molecule has 0 unspecified atom stereocenters. The average Bonchev–Trinajstić information content (AvgIpc) is 2.86. The molecule has 0 saturated carbocycles. The topological polar surface area (TPSA) is 110 Å². The van der Waals surface area contributed by atoms with Crippen LogP contribution in [0.1, 0.15) is 31.0 Å². The summed E-state index contributed by atoms with van der Waals surface area (Å²) >= 11 is 12.2. The first kappa shape index (κ1) is 29.3. The fourth-order valence-electron chi connectivity index (χ4n) is 3.58. The Morgan fingerprint density at radius 1 is 1.24 bits per heavy atom. The standard InChI is InChI=1S/C26H26Br2N4O5S/c1-4-10-36-24-16(11-17(27)12-19(24)28)13-29-32-21(33)14-37-20-9-7-6-8-18(20)23-22(25(34)35-5-2)15(3)30-26(38)31-23/h4,6-9,11-13,23H,1,5,10,14H2,2-3H3,(H,32,33)(H2,30,31,38)/t23-/m0/s1. The molecule has 2 aromatic rings. The van der Waals surface area contributed by atoms with E-state index in [1.807, 2.05) is 6.07 Å². The zero-order valence-corrected chi connectivity index (χ0v) is 24.7. The lowest BCUT2D eigenvalue weighted by molar-refractivity contribution is -0.139. The third-order valence-corrected chi connectivity index (χ3v) is 6.40. The van der Waals surface area contributed by atoms with Gasteiger partial charge in [-0.3, -0.25) is 4.79 Å². The lowest BCUT2D eigenvalue weighted by Crippen LogP contribution is -2.45. The van der Waals surface area contributed by atoms with Crippen molar-refractivity contribution in [1.82, 2.24) is 16.1 Å². The van der Waals surface area contributed by atoms with Gasteiger partial charge in [0.2, 0.25) is 0 Å². The number of nitrogens with zero attached hydrogens (tertiary/aromatic N) is 1. The number of allylic oxidation sites excluding steroid dienone is 1. The van der Waals surface area contributed by atoms with Gasteiger partial charge in [-0.1, -0.05) is 46.8 Å². The van der Waals surface area contributed by atoms with Crippen LogP contribution in [0.5, 0.6) is 11.5 Å². The zero-order valence-electron chi connectivity index (χ0n) is 20.7. The van der Waals surface area contributed by atoms with Gasteiger partial charge in [-0.15, -0.1) is 0 Å². The maximum atomic E-state index is 12.7. The first-order valence-corrected chi connectivity index (χ1v) is 13.5. The summed E-state index contributed by atoms with van der Waals surface area (Å²) in [5, 5.41) is 10.4. The molecule has 1 aliphatic heterocycles. The first-order chi connectivity index (χ1) is 18.2. The lowest BCUT2D eigenvalue weighted by Gasteiger charge is -2.30. The molecule has 0 aliphatic carbocycles. The number of halogens is 2. The fraction of sp³-hybridized carbons (Fsp3) is 0.231. The van der Waals surface area contributed by atoms with E-state index in [-0.39, 0.29) is 13.2 Å². The van der Waals surface area contributed by atoms with E-state index in [2.05, 4.69) is 59.6 Å². The Kier molecular flexibility index (Phi) is 10.9. The van der Waals surface area contributed by atoms with E-state index in [1.54, 1.807) is 50.3 Å². The van der Waals surface area contributed by atoms with Crippen molar-refractivity contribution in [2.75, 3.05) is 19.8 Å². The molecule has 3 rings (SSSR count). The van der Waals surface area contributed by atoms with Gasteiger partial charge in [0, 0.05) is 21.3 Å². The monoisotopic (exact) mass is 664 g/mol. The Labute approximate surface area is 242 Å². The molecule has 0 spiro atoms. The minimum Gasteiger partial charge on any atom is -0.488 e. The van der Waals surface area contributed by atoms with Gasteiger partial charge in [0.15, 0.2) is 11.7 Å². The summed E-state index contributed by atoms with van der Waals surface area (Å²) in [5.41, 5.74) is 4.67. The number of thiocarbonyl (C=S) groups is 1. The number of para-hydroxylation sites is 1. The third kappa shape index (κ3) is 7.65. The molecule has 0 aromatic heterocycles. The van der Waals surface area contributed by atoms with E-state index in [9.17, 15) is 9.59 Å². The van der Waals surface area contributed by atoms with E-state index in [0.717, 1.165) is 8.95 Å². The molecule has 1 heterocycles. The first-order valence-electron chi connectivity index (χ1n) is 11.5. The molecular formula is C26H26Br2N4O5S. The van der Waals surface area contributed by atoms with Gasteiger partial charge in [0.1, 0.15) is 18.1 Å². The highest BCUT2D eigenvalue weighted by atomic mass is 79.9. The highest BCUT2D eigenvalue weighted by Crippen LogP contribution is 2.34. The molecule has 0 saturated heterocycles. The van der Waals surface area contributed by atoms with Crippen LogP contribution in [0.3, 0.4) is 0 Å². The van der Waals surface area contributed by atoms with Crippen molar-refractivity contribution in [1.29, 1.82) is 0 Å². The number of carbonyl (C=O) groups excluding carboxylic acids is 2. The van der Waals surface area contributed by atoms with E-state index in [4.69, 9.17) is 26.4 Å². The summed E-state index contributed by atoms with van der Waals surface area (Å²) in [6.07, 6.45) is 3.10. The number of hydrogen-bond acceptors (Lipinski definition) is 7. The van der Waals surface area contributed by atoms with E-state index in [0.29, 0.717) is 45.6 Å². The predicted octanol–water partition coefficient (Wildman–Crippen LogP) is 4.66. The Bertz CT molecular complexity index is 1300. The minimum atomic E-state index is -0.621. The van der Waals surface area contributed by atoms with Crippen molar-refractivity contribution < 1.29 is 23.8 Å². The van der Waals surface area contributed by atoms with Crippen molar-refractivity contribution in [3.8, 4) is 11.5 Å². The zero-order chi connectivity index (χ0) is 27.7. The molecule has 2 aromatic carbocycles. The summed E-state index contributed by atoms with van der Waals surface area (Å²) in [6, 6.07) is 10.1. The number of benzene rings is 2. The molecule has 1 atom stereocenters. The fourth-order valence-corrected chi connectivity index (χ4v) is 5.22. The van der Waals surface area contributed by atoms with Gasteiger partial charge in [-0.05, 0) is 60.2 Å². The van der Waals surface area contributed by atoms with Gasteiger partial charge in [-0.2, -0.15) is 5.10 Å². The second kappa shape index (κ2) is 14.1. The SMILES string of the molecule is C=CCOc1c(Br)cc(Br)cc1C=NNC(=O)COc1ccccc1[C@@H]1NC(=S)NC(C)=C1C(=O)OCC. The van der Waals surface area contributed by atoms with Crippen LogP contribution >= 0.6 is 44.1 Å². The van der Waals surface area contributed by atoms with Crippen LogP contribution in [0.15, 0.2) is 74.4 Å². The van der Waals surface area contributed by atoms with E-state index < -0.39 is 17.9 Å².